The Morgan fingerprint density at radius 1 is 1.18 bits per heavy atom. The van der Waals surface area contributed by atoms with E-state index in [0.717, 1.165) is 13.0 Å². The van der Waals surface area contributed by atoms with E-state index in [2.05, 4.69) is 12.2 Å². The normalized spacial score (nSPS) is 9.64. The fraction of sp³-hybridized carbons (Fsp3) is 0.889. The number of hydrogen-bond acceptors (Lipinski definition) is 1. The van der Waals surface area contributed by atoms with Gasteiger partial charge in [-0.05, 0) is 6.42 Å². The minimum absolute atomic E-state index is 0.168. The topological polar surface area (TPSA) is 29.1 Å². The first kappa shape index (κ1) is 10.5. The van der Waals surface area contributed by atoms with Gasteiger partial charge in [0.1, 0.15) is 0 Å². The van der Waals surface area contributed by atoms with Gasteiger partial charge in [-0.25, -0.2) is 0 Å². The highest BCUT2D eigenvalue weighted by atomic mass is 16.1. The number of carbonyl (C=O) groups is 1. The highest BCUT2D eigenvalue weighted by molar-refractivity contribution is 5.75. The van der Waals surface area contributed by atoms with E-state index in [0.29, 0.717) is 6.42 Å². The van der Waals surface area contributed by atoms with Crippen molar-refractivity contribution in [3.63, 3.8) is 0 Å². The predicted octanol–water partition coefficient (Wildman–Crippen LogP) is 2.09. The lowest BCUT2D eigenvalue weighted by Crippen LogP contribution is -2.23. The minimum atomic E-state index is 0.168. The van der Waals surface area contributed by atoms with Crippen molar-refractivity contribution in [1.82, 2.24) is 5.32 Å². The van der Waals surface area contributed by atoms with Crippen molar-refractivity contribution < 1.29 is 4.79 Å². The number of amides is 1. The van der Waals surface area contributed by atoms with Gasteiger partial charge in [0.25, 0.3) is 0 Å². The second kappa shape index (κ2) is 7.58. The lowest BCUT2D eigenvalue weighted by molar-refractivity contribution is -0.120. The lowest BCUT2D eigenvalue weighted by atomic mass is 10.2. The van der Waals surface area contributed by atoms with Crippen molar-refractivity contribution in [1.29, 1.82) is 0 Å². The fourth-order valence-electron chi connectivity index (χ4n) is 0.905. The molecule has 0 rings (SSSR count). The first-order chi connectivity index (χ1) is 5.31. The van der Waals surface area contributed by atoms with Crippen LogP contribution in [-0.4, -0.2) is 12.5 Å². The van der Waals surface area contributed by atoms with Crippen LogP contribution in [0.15, 0.2) is 0 Å². The van der Waals surface area contributed by atoms with Crippen molar-refractivity contribution >= 4 is 5.91 Å². The maximum Gasteiger partial charge on any atom is 0.219 e. The van der Waals surface area contributed by atoms with Crippen molar-refractivity contribution in [2.75, 3.05) is 6.54 Å². The molecule has 0 heterocycles. The second-order valence-electron chi connectivity index (χ2n) is 2.76. The highest BCUT2D eigenvalue weighted by Gasteiger charge is 1.93. The van der Waals surface area contributed by atoms with Crippen LogP contribution in [0.2, 0.25) is 0 Å². The SMILES string of the molecule is CCCCCCNC(=O)CC. The van der Waals surface area contributed by atoms with Gasteiger partial charge >= 0.3 is 0 Å². The van der Waals surface area contributed by atoms with E-state index >= 15 is 0 Å². The van der Waals surface area contributed by atoms with Gasteiger partial charge in [-0.3, -0.25) is 4.79 Å². The van der Waals surface area contributed by atoms with E-state index in [-0.39, 0.29) is 5.91 Å². The molecule has 0 aliphatic carbocycles. The summed E-state index contributed by atoms with van der Waals surface area (Å²) in [5, 5.41) is 2.85. The monoisotopic (exact) mass is 157 g/mol. The molecule has 0 atom stereocenters. The van der Waals surface area contributed by atoms with Gasteiger partial charge in [-0.15, -0.1) is 0 Å². The molecule has 0 saturated carbocycles. The Bertz CT molecular complexity index is 102. The maximum absolute atomic E-state index is 10.7. The zero-order valence-corrected chi connectivity index (χ0v) is 7.65. The third-order valence-corrected chi connectivity index (χ3v) is 1.67. The summed E-state index contributed by atoms with van der Waals surface area (Å²) < 4.78 is 0. The third kappa shape index (κ3) is 7.37. The average molecular weight is 157 g/mol. The molecule has 0 radical (unpaired) electrons. The van der Waals surface area contributed by atoms with Crippen LogP contribution in [0.3, 0.4) is 0 Å². The van der Waals surface area contributed by atoms with Crippen molar-refractivity contribution in [2.24, 2.45) is 0 Å². The Morgan fingerprint density at radius 3 is 2.45 bits per heavy atom. The molecule has 11 heavy (non-hydrogen) atoms. The molecular weight excluding hydrogens is 138 g/mol. The van der Waals surface area contributed by atoms with Crippen LogP contribution in [-0.2, 0) is 4.79 Å². The van der Waals surface area contributed by atoms with Crippen LogP contribution in [0.4, 0.5) is 0 Å². The predicted molar refractivity (Wildman–Crippen MR) is 47.4 cm³/mol. The molecule has 0 fully saturated rings. The molecule has 0 bridgehead atoms. The number of nitrogens with one attached hydrogen (secondary N) is 1. The van der Waals surface area contributed by atoms with Crippen molar-refractivity contribution in [3.05, 3.63) is 0 Å². The Labute approximate surface area is 69.4 Å². The van der Waals surface area contributed by atoms with E-state index in [1.165, 1.54) is 19.3 Å². The number of carbonyl (C=O) groups excluding carboxylic acids is 1. The van der Waals surface area contributed by atoms with Crippen molar-refractivity contribution in [3.8, 4) is 0 Å². The summed E-state index contributed by atoms with van der Waals surface area (Å²) in [5.74, 6) is 0.168. The van der Waals surface area contributed by atoms with Crippen LogP contribution in [0.5, 0.6) is 0 Å². The quantitative estimate of drug-likeness (QED) is 0.588. The standard InChI is InChI=1S/C9H19NO/c1-3-5-6-7-8-10-9(11)4-2/h3-8H2,1-2H3,(H,10,11). The van der Waals surface area contributed by atoms with E-state index in [1.807, 2.05) is 6.92 Å². The first-order valence-corrected chi connectivity index (χ1v) is 4.58. The summed E-state index contributed by atoms with van der Waals surface area (Å²) in [7, 11) is 0. The maximum atomic E-state index is 10.7. The number of hydrogen-bond donors (Lipinski definition) is 1. The van der Waals surface area contributed by atoms with E-state index in [9.17, 15) is 4.79 Å². The van der Waals surface area contributed by atoms with E-state index in [4.69, 9.17) is 0 Å². The highest BCUT2D eigenvalue weighted by Crippen LogP contribution is 1.96. The number of rotatable bonds is 6. The molecule has 1 amide bonds. The zero-order valence-electron chi connectivity index (χ0n) is 7.65. The molecule has 0 spiro atoms. The molecule has 0 aliphatic heterocycles. The lowest BCUT2D eigenvalue weighted by Gasteiger charge is -2.01. The van der Waals surface area contributed by atoms with Crippen LogP contribution in [0.25, 0.3) is 0 Å². The van der Waals surface area contributed by atoms with E-state index in [1.54, 1.807) is 0 Å². The average Bonchev–Trinajstić information content (AvgIpc) is 2.04. The summed E-state index contributed by atoms with van der Waals surface area (Å²) in [6, 6.07) is 0. The smallest absolute Gasteiger partial charge is 0.219 e. The van der Waals surface area contributed by atoms with Gasteiger partial charge in [-0.2, -0.15) is 0 Å². The van der Waals surface area contributed by atoms with Crippen LogP contribution < -0.4 is 5.32 Å². The number of unbranched alkanes of at least 4 members (excludes halogenated alkanes) is 3. The van der Waals surface area contributed by atoms with Crippen LogP contribution in [0, 0.1) is 0 Å². The fourth-order valence-corrected chi connectivity index (χ4v) is 0.905. The Morgan fingerprint density at radius 2 is 1.91 bits per heavy atom. The summed E-state index contributed by atoms with van der Waals surface area (Å²) in [6.45, 7) is 4.92. The second-order valence-corrected chi connectivity index (χ2v) is 2.76. The third-order valence-electron chi connectivity index (χ3n) is 1.67. The summed E-state index contributed by atoms with van der Waals surface area (Å²) in [6.07, 6.45) is 5.50. The molecule has 66 valence electrons. The van der Waals surface area contributed by atoms with Crippen LogP contribution >= 0.6 is 0 Å². The van der Waals surface area contributed by atoms with Gasteiger partial charge in [-0.1, -0.05) is 33.1 Å². The van der Waals surface area contributed by atoms with E-state index < -0.39 is 0 Å². The van der Waals surface area contributed by atoms with Gasteiger partial charge in [0.05, 0.1) is 0 Å². The van der Waals surface area contributed by atoms with Gasteiger partial charge in [0.2, 0.25) is 5.91 Å². The molecule has 0 saturated heterocycles. The first-order valence-electron chi connectivity index (χ1n) is 4.58. The molecular formula is C9H19NO. The van der Waals surface area contributed by atoms with Gasteiger partial charge < -0.3 is 5.32 Å². The minimum Gasteiger partial charge on any atom is -0.356 e. The largest absolute Gasteiger partial charge is 0.356 e. The van der Waals surface area contributed by atoms with Gasteiger partial charge in [0, 0.05) is 13.0 Å². The molecule has 0 aromatic carbocycles. The summed E-state index contributed by atoms with van der Waals surface area (Å²) >= 11 is 0. The molecule has 0 aromatic heterocycles. The zero-order chi connectivity index (χ0) is 8.53. The molecule has 2 nitrogen and oxygen atoms in total. The Balaban J connectivity index is 2.95. The molecule has 0 aromatic rings. The summed E-state index contributed by atoms with van der Waals surface area (Å²) in [5.41, 5.74) is 0. The Hall–Kier alpha value is -0.530. The van der Waals surface area contributed by atoms with Gasteiger partial charge in [0.15, 0.2) is 0 Å². The molecule has 1 N–H and O–H groups in total. The molecule has 0 aliphatic rings. The van der Waals surface area contributed by atoms with Crippen molar-refractivity contribution in [2.45, 2.75) is 46.0 Å². The Kier molecular flexibility index (Phi) is 7.21. The van der Waals surface area contributed by atoms with Crippen LogP contribution in [0.1, 0.15) is 46.0 Å². The summed E-state index contributed by atoms with van der Waals surface area (Å²) in [4.78, 5) is 10.7. The molecule has 0 unspecified atom stereocenters. The molecule has 2 heteroatoms.